The number of anilines is 2. The van der Waals surface area contributed by atoms with Gasteiger partial charge in [0.2, 0.25) is 0 Å². The Morgan fingerprint density at radius 3 is 2.23 bits per heavy atom. The van der Waals surface area contributed by atoms with Crippen LogP contribution in [0.1, 0.15) is 11.1 Å². The third-order valence-electron chi connectivity index (χ3n) is 3.56. The summed E-state index contributed by atoms with van der Waals surface area (Å²) in [5, 5.41) is 6.83. The Kier molecular flexibility index (Phi) is 5.53. The fourth-order valence-electron chi connectivity index (χ4n) is 2.27. The number of benzene rings is 2. The first-order valence-electron chi connectivity index (χ1n) is 7.41. The molecule has 0 aliphatic carbocycles. The lowest BCUT2D eigenvalue weighted by Crippen LogP contribution is -2.14. The van der Waals surface area contributed by atoms with Gasteiger partial charge in [-0.3, -0.25) is 0 Å². The van der Waals surface area contributed by atoms with Crippen LogP contribution in [0.25, 0.3) is 0 Å². The van der Waals surface area contributed by atoms with Crippen LogP contribution in [0, 0.1) is 13.8 Å². The number of rotatable bonds is 7. The summed E-state index contributed by atoms with van der Waals surface area (Å²) >= 11 is 0. The minimum Gasteiger partial charge on any atom is -0.497 e. The molecule has 2 rings (SSSR count). The van der Waals surface area contributed by atoms with E-state index in [9.17, 15) is 0 Å². The molecule has 0 aliphatic rings. The van der Waals surface area contributed by atoms with E-state index in [0.717, 1.165) is 30.3 Å². The molecule has 0 unspecified atom stereocenters. The fraction of sp³-hybridized carbons (Fsp3) is 0.333. The van der Waals surface area contributed by atoms with Gasteiger partial charge in [-0.25, -0.2) is 0 Å². The van der Waals surface area contributed by atoms with Crippen molar-refractivity contribution < 1.29 is 9.47 Å². The smallest absolute Gasteiger partial charge is 0.142 e. The highest BCUT2D eigenvalue weighted by atomic mass is 16.5. The van der Waals surface area contributed by atoms with Gasteiger partial charge in [0, 0.05) is 24.8 Å². The van der Waals surface area contributed by atoms with Gasteiger partial charge >= 0.3 is 0 Å². The highest BCUT2D eigenvalue weighted by Crippen LogP contribution is 2.28. The maximum absolute atomic E-state index is 5.36. The second-order valence-electron chi connectivity index (χ2n) is 5.24. The summed E-state index contributed by atoms with van der Waals surface area (Å²) in [6, 6.07) is 12.2. The quantitative estimate of drug-likeness (QED) is 0.762. The molecule has 0 aliphatic heterocycles. The second kappa shape index (κ2) is 7.59. The minimum atomic E-state index is 0.789. The van der Waals surface area contributed by atoms with Gasteiger partial charge in [-0.1, -0.05) is 12.1 Å². The standard InChI is InChI=1S/C18H24N2O2/c1-13-5-6-14(2)16(11-13)19-9-10-20-17-12-15(21-3)7-8-18(17)22-4/h5-8,11-12,19-20H,9-10H2,1-4H3. The van der Waals surface area contributed by atoms with E-state index in [1.54, 1.807) is 14.2 Å². The molecule has 118 valence electrons. The first-order chi connectivity index (χ1) is 10.6. The topological polar surface area (TPSA) is 42.5 Å². The Bertz CT molecular complexity index is 626. The molecule has 0 amide bonds. The molecule has 0 radical (unpaired) electrons. The highest BCUT2D eigenvalue weighted by Gasteiger charge is 2.04. The molecule has 0 bridgehead atoms. The molecular weight excluding hydrogens is 276 g/mol. The Labute approximate surface area is 132 Å². The minimum absolute atomic E-state index is 0.789. The van der Waals surface area contributed by atoms with Gasteiger partial charge in [0.05, 0.1) is 19.9 Å². The molecule has 4 heteroatoms. The van der Waals surface area contributed by atoms with Gasteiger partial charge in [0.15, 0.2) is 0 Å². The van der Waals surface area contributed by atoms with Crippen LogP contribution < -0.4 is 20.1 Å². The van der Waals surface area contributed by atoms with Gasteiger partial charge in [-0.05, 0) is 43.2 Å². The zero-order valence-electron chi connectivity index (χ0n) is 13.7. The largest absolute Gasteiger partial charge is 0.497 e. The molecule has 0 spiro atoms. The van der Waals surface area contributed by atoms with Crippen LogP contribution >= 0.6 is 0 Å². The summed E-state index contributed by atoms with van der Waals surface area (Å²) in [6.45, 7) is 5.83. The van der Waals surface area contributed by atoms with E-state index in [2.05, 4.69) is 42.7 Å². The van der Waals surface area contributed by atoms with E-state index >= 15 is 0 Å². The average molecular weight is 300 g/mol. The van der Waals surface area contributed by atoms with Crippen molar-refractivity contribution in [3.63, 3.8) is 0 Å². The lowest BCUT2D eigenvalue weighted by molar-refractivity contribution is 0.404. The van der Waals surface area contributed by atoms with Crippen LogP contribution in [0.2, 0.25) is 0 Å². The predicted octanol–water partition coefficient (Wildman–Crippen LogP) is 3.84. The van der Waals surface area contributed by atoms with Gasteiger partial charge in [-0.15, -0.1) is 0 Å². The maximum atomic E-state index is 5.36. The van der Waals surface area contributed by atoms with E-state index in [1.165, 1.54) is 16.8 Å². The molecule has 0 fully saturated rings. The Hall–Kier alpha value is -2.36. The Balaban J connectivity index is 1.92. The molecule has 0 aromatic heterocycles. The number of aryl methyl sites for hydroxylation is 2. The van der Waals surface area contributed by atoms with Gasteiger partial charge < -0.3 is 20.1 Å². The van der Waals surface area contributed by atoms with E-state index in [1.807, 2.05) is 18.2 Å². The van der Waals surface area contributed by atoms with Crippen LogP contribution in [0.5, 0.6) is 11.5 Å². The molecule has 0 saturated heterocycles. The van der Waals surface area contributed by atoms with Crippen molar-refractivity contribution in [2.24, 2.45) is 0 Å². The molecule has 2 aromatic rings. The van der Waals surface area contributed by atoms with Crippen molar-refractivity contribution in [3.05, 3.63) is 47.5 Å². The summed E-state index contributed by atoms with van der Waals surface area (Å²) in [5.74, 6) is 1.62. The lowest BCUT2D eigenvalue weighted by Gasteiger charge is -2.14. The van der Waals surface area contributed by atoms with E-state index in [4.69, 9.17) is 9.47 Å². The number of nitrogens with one attached hydrogen (secondary N) is 2. The molecule has 2 N–H and O–H groups in total. The third-order valence-corrected chi connectivity index (χ3v) is 3.56. The molecule has 0 heterocycles. The fourth-order valence-corrected chi connectivity index (χ4v) is 2.27. The molecule has 0 saturated carbocycles. The van der Waals surface area contributed by atoms with Crippen LogP contribution in [-0.2, 0) is 0 Å². The zero-order valence-corrected chi connectivity index (χ0v) is 13.7. The number of hydrogen-bond donors (Lipinski definition) is 2. The van der Waals surface area contributed by atoms with E-state index < -0.39 is 0 Å². The SMILES string of the molecule is COc1ccc(OC)c(NCCNc2cc(C)ccc2C)c1. The third kappa shape index (κ3) is 4.07. The van der Waals surface area contributed by atoms with E-state index in [-0.39, 0.29) is 0 Å². The number of ether oxygens (including phenoxy) is 2. The Morgan fingerprint density at radius 2 is 1.55 bits per heavy atom. The molecule has 4 nitrogen and oxygen atoms in total. The van der Waals surface area contributed by atoms with Crippen LogP contribution in [0.4, 0.5) is 11.4 Å². The van der Waals surface area contributed by atoms with Gasteiger partial charge in [0.1, 0.15) is 11.5 Å². The van der Waals surface area contributed by atoms with Crippen molar-refractivity contribution in [2.75, 3.05) is 37.9 Å². The molecular formula is C18H24N2O2. The van der Waals surface area contributed by atoms with Gasteiger partial charge in [-0.2, -0.15) is 0 Å². The van der Waals surface area contributed by atoms with Crippen molar-refractivity contribution in [1.29, 1.82) is 0 Å². The number of methoxy groups -OCH3 is 2. The normalized spacial score (nSPS) is 10.2. The summed E-state index contributed by atoms with van der Waals surface area (Å²) in [6.07, 6.45) is 0. The molecule has 22 heavy (non-hydrogen) atoms. The Morgan fingerprint density at radius 1 is 0.818 bits per heavy atom. The summed E-state index contributed by atoms with van der Waals surface area (Å²) < 4.78 is 10.6. The highest BCUT2D eigenvalue weighted by molar-refractivity contribution is 5.60. The van der Waals surface area contributed by atoms with Crippen molar-refractivity contribution >= 4 is 11.4 Å². The zero-order chi connectivity index (χ0) is 15.9. The first kappa shape index (κ1) is 16.0. The molecule has 0 atom stereocenters. The van der Waals surface area contributed by atoms with Crippen molar-refractivity contribution in [2.45, 2.75) is 13.8 Å². The van der Waals surface area contributed by atoms with E-state index in [0.29, 0.717) is 0 Å². The van der Waals surface area contributed by atoms with Crippen LogP contribution in [0.3, 0.4) is 0 Å². The van der Waals surface area contributed by atoms with Gasteiger partial charge in [0.25, 0.3) is 0 Å². The monoisotopic (exact) mass is 300 g/mol. The summed E-state index contributed by atoms with van der Waals surface area (Å²) in [5.41, 5.74) is 4.63. The summed E-state index contributed by atoms with van der Waals surface area (Å²) in [4.78, 5) is 0. The van der Waals surface area contributed by atoms with Crippen LogP contribution in [0.15, 0.2) is 36.4 Å². The average Bonchev–Trinajstić information content (AvgIpc) is 2.54. The number of hydrogen-bond acceptors (Lipinski definition) is 4. The maximum Gasteiger partial charge on any atom is 0.142 e. The summed E-state index contributed by atoms with van der Waals surface area (Å²) in [7, 11) is 3.33. The predicted molar refractivity (Wildman–Crippen MR) is 92.4 cm³/mol. The second-order valence-corrected chi connectivity index (χ2v) is 5.24. The first-order valence-corrected chi connectivity index (χ1v) is 7.41. The van der Waals surface area contributed by atoms with Crippen molar-refractivity contribution in [3.8, 4) is 11.5 Å². The molecule has 2 aromatic carbocycles. The van der Waals surface area contributed by atoms with Crippen LogP contribution in [-0.4, -0.2) is 27.3 Å². The lowest BCUT2D eigenvalue weighted by atomic mass is 10.1. The van der Waals surface area contributed by atoms with Crippen molar-refractivity contribution in [1.82, 2.24) is 0 Å².